The van der Waals surface area contributed by atoms with Crippen molar-refractivity contribution in [3.05, 3.63) is 33.8 Å². The fourth-order valence-electron chi connectivity index (χ4n) is 3.64. The van der Waals surface area contributed by atoms with Gasteiger partial charge >= 0.3 is 0 Å². The zero-order valence-corrected chi connectivity index (χ0v) is 14.5. The van der Waals surface area contributed by atoms with Gasteiger partial charge in [0.1, 0.15) is 0 Å². The van der Waals surface area contributed by atoms with Crippen molar-refractivity contribution in [1.29, 1.82) is 0 Å². The summed E-state index contributed by atoms with van der Waals surface area (Å²) in [6.07, 6.45) is 3.39. The molecule has 0 aromatic heterocycles. The zero-order valence-electron chi connectivity index (χ0n) is 12.2. The molecule has 2 nitrogen and oxygen atoms in total. The first-order valence-corrected chi connectivity index (χ1v) is 9.38. The zero-order chi connectivity index (χ0) is 14.9. The van der Waals surface area contributed by atoms with E-state index in [1.807, 2.05) is 30.9 Å². The standard InChI is InChI=1S/C16H21Cl2NOS/c1-19-15(12-6-13(17)8-14(18)7-12)11-2-4-20-16(9-11)3-5-21-10-16/h6-8,11,15,19H,2-5,9-10H2,1H3. The summed E-state index contributed by atoms with van der Waals surface area (Å²) < 4.78 is 6.13. The van der Waals surface area contributed by atoms with Gasteiger partial charge in [-0.2, -0.15) is 11.8 Å². The Kier molecular flexibility index (Phi) is 5.07. The summed E-state index contributed by atoms with van der Waals surface area (Å²) in [4.78, 5) is 0. The van der Waals surface area contributed by atoms with Gasteiger partial charge in [0.05, 0.1) is 5.60 Å². The van der Waals surface area contributed by atoms with Gasteiger partial charge in [-0.3, -0.25) is 0 Å². The Morgan fingerprint density at radius 2 is 2.10 bits per heavy atom. The summed E-state index contributed by atoms with van der Waals surface area (Å²) in [5.74, 6) is 2.92. The molecule has 3 atom stereocenters. The fourth-order valence-corrected chi connectivity index (χ4v) is 5.56. The molecule has 1 spiro atoms. The van der Waals surface area contributed by atoms with Gasteiger partial charge in [-0.25, -0.2) is 0 Å². The minimum atomic E-state index is 0.102. The third-order valence-electron chi connectivity index (χ3n) is 4.62. The second-order valence-electron chi connectivity index (χ2n) is 6.06. The number of halogens is 2. The van der Waals surface area contributed by atoms with E-state index in [1.165, 1.54) is 17.7 Å². The molecule has 2 saturated heterocycles. The highest BCUT2D eigenvalue weighted by molar-refractivity contribution is 7.99. The molecule has 2 aliphatic rings. The van der Waals surface area contributed by atoms with Crippen molar-refractivity contribution in [1.82, 2.24) is 5.32 Å². The van der Waals surface area contributed by atoms with Gasteiger partial charge in [-0.15, -0.1) is 0 Å². The number of thioether (sulfide) groups is 1. The highest BCUT2D eigenvalue weighted by Gasteiger charge is 2.42. The van der Waals surface area contributed by atoms with Crippen LogP contribution in [0.2, 0.25) is 10.0 Å². The Hall–Kier alpha value is 0.0700. The van der Waals surface area contributed by atoms with Crippen LogP contribution in [-0.4, -0.2) is 30.8 Å². The van der Waals surface area contributed by atoms with Gasteiger partial charge in [0.25, 0.3) is 0 Å². The Balaban J connectivity index is 1.82. The van der Waals surface area contributed by atoms with E-state index in [0.29, 0.717) is 16.0 Å². The largest absolute Gasteiger partial charge is 0.374 e. The summed E-state index contributed by atoms with van der Waals surface area (Å²) in [6, 6.07) is 6.13. The van der Waals surface area contributed by atoms with Crippen molar-refractivity contribution in [2.45, 2.75) is 30.9 Å². The molecular weight excluding hydrogens is 325 g/mol. The molecule has 0 aliphatic carbocycles. The predicted octanol–water partition coefficient (Wildman–Crippen LogP) is 4.56. The van der Waals surface area contributed by atoms with E-state index >= 15 is 0 Å². The molecule has 1 N–H and O–H groups in total. The Labute approximate surface area is 140 Å². The summed E-state index contributed by atoms with van der Waals surface area (Å²) >= 11 is 14.4. The average molecular weight is 346 g/mol. The number of ether oxygens (including phenoxy) is 1. The summed E-state index contributed by atoms with van der Waals surface area (Å²) in [6.45, 7) is 0.859. The van der Waals surface area contributed by atoms with Crippen molar-refractivity contribution in [2.75, 3.05) is 25.2 Å². The van der Waals surface area contributed by atoms with E-state index in [2.05, 4.69) is 5.32 Å². The Bertz CT molecular complexity index is 485. The second-order valence-corrected chi connectivity index (χ2v) is 8.03. The fraction of sp³-hybridized carbons (Fsp3) is 0.625. The molecular formula is C16H21Cl2NOS. The smallest absolute Gasteiger partial charge is 0.0783 e. The van der Waals surface area contributed by atoms with Gasteiger partial charge in [0.2, 0.25) is 0 Å². The molecule has 2 fully saturated rings. The van der Waals surface area contributed by atoms with E-state index in [9.17, 15) is 0 Å². The third kappa shape index (κ3) is 3.53. The molecule has 0 amide bonds. The number of nitrogens with one attached hydrogen (secondary N) is 1. The van der Waals surface area contributed by atoms with Crippen LogP contribution in [0.5, 0.6) is 0 Å². The van der Waals surface area contributed by atoms with Crippen LogP contribution < -0.4 is 5.32 Å². The van der Waals surface area contributed by atoms with E-state index in [-0.39, 0.29) is 11.6 Å². The quantitative estimate of drug-likeness (QED) is 0.867. The van der Waals surface area contributed by atoms with Crippen LogP contribution in [0.1, 0.15) is 30.9 Å². The van der Waals surface area contributed by atoms with E-state index in [0.717, 1.165) is 25.2 Å². The maximum absolute atomic E-state index is 6.17. The number of rotatable bonds is 3. The Morgan fingerprint density at radius 1 is 1.33 bits per heavy atom. The van der Waals surface area contributed by atoms with Crippen LogP contribution >= 0.6 is 35.0 Å². The molecule has 21 heavy (non-hydrogen) atoms. The van der Waals surface area contributed by atoms with Gasteiger partial charge in [0.15, 0.2) is 0 Å². The van der Waals surface area contributed by atoms with Crippen LogP contribution in [0, 0.1) is 5.92 Å². The minimum Gasteiger partial charge on any atom is -0.374 e. The lowest BCUT2D eigenvalue weighted by molar-refractivity contribution is -0.0850. The van der Waals surface area contributed by atoms with E-state index < -0.39 is 0 Å². The van der Waals surface area contributed by atoms with Crippen molar-refractivity contribution in [3.63, 3.8) is 0 Å². The first-order valence-electron chi connectivity index (χ1n) is 7.47. The lowest BCUT2D eigenvalue weighted by Crippen LogP contribution is -2.43. The highest BCUT2D eigenvalue weighted by atomic mass is 35.5. The summed E-state index contributed by atoms with van der Waals surface area (Å²) in [5, 5.41) is 4.88. The van der Waals surface area contributed by atoms with Crippen molar-refractivity contribution < 1.29 is 4.74 Å². The van der Waals surface area contributed by atoms with Gasteiger partial charge in [-0.1, -0.05) is 23.2 Å². The minimum absolute atomic E-state index is 0.102. The van der Waals surface area contributed by atoms with Crippen LogP contribution in [0.15, 0.2) is 18.2 Å². The van der Waals surface area contributed by atoms with Gasteiger partial charge < -0.3 is 10.1 Å². The summed E-state index contributed by atoms with van der Waals surface area (Å²) in [5.41, 5.74) is 1.29. The topological polar surface area (TPSA) is 21.3 Å². The molecule has 1 aromatic rings. The van der Waals surface area contributed by atoms with Crippen molar-refractivity contribution in [3.8, 4) is 0 Å². The molecule has 0 bridgehead atoms. The SMILES string of the molecule is CNC(c1cc(Cl)cc(Cl)c1)C1CCOC2(CCSC2)C1. The maximum Gasteiger partial charge on any atom is 0.0783 e. The lowest BCUT2D eigenvalue weighted by Gasteiger charge is -2.41. The van der Waals surface area contributed by atoms with Crippen LogP contribution in [-0.2, 0) is 4.74 Å². The third-order valence-corrected chi connectivity index (χ3v) is 6.28. The number of hydrogen-bond acceptors (Lipinski definition) is 3. The normalized spacial score (nSPS) is 30.7. The number of hydrogen-bond donors (Lipinski definition) is 1. The molecule has 1 aromatic carbocycles. The molecule has 5 heteroatoms. The van der Waals surface area contributed by atoms with E-state index in [4.69, 9.17) is 27.9 Å². The number of benzene rings is 1. The lowest BCUT2D eigenvalue weighted by atomic mass is 9.79. The van der Waals surface area contributed by atoms with Gasteiger partial charge in [0, 0.05) is 28.4 Å². The maximum atomic E-state index is 6.17. The van der Waals surface area contributed by atoms with Crippen molar-refractivity contribution >= 4 is 35.0 Å². The molecule has 0 saturated carbocycles. The first-order chi connectivity index (χ1) is 10.1. The Morgan fingerprint density at radius 3 is 2.71 bits per heavy atom. The first kappa shape index (κ1) is 15.9. The molecule has 2 aliphatic heterocycles. The predicted molar refractivity (Wildman–Crippen MR) is 91.6 cm³/mol. The van der Waals surface area contributed by atoms with Crippen LogP contribution in [0.3, 0.4) is 0 Å². The molecule has 2 heterocycles. The second kappa shape index (κ2) is 6.67. The van der Waals surface area contributed by atoms with Crippen LogP contribution in [0.4, 0.5) is 0 Å². The molecule has 3 rings (SSSR count). The van der Waals surface area contributed by atoms with Crippen LogP contribution in [0.25, 0.3) is 0 Å². The highest BCUT2D eigenvalue weighted by Crippen LogP contribution is 2.44. The average Bonchev–Trinajstić information content (AvgIpc) is 2.86. The van der Waals surface area contributed by atoms with Gasteiger partial charge in [-0.05, 0) is 61.7 Å². The van der Waals surface area contributed by atoms with E-state index in [1.54, 1.807) is 6.07 Å². The summed E-state index contributed by atoms with van der Waals surface area (Å²) in [7, 11) is 2.02. The molecule has 116 valence electrons. The van der Waals surface area contributed by atoms with Crippen molar-refractivity contribution in [2.24, 2.45) is 5.92 Å². The monoisotopic (exact) mass is 345 g/mol. The molecule has 0 radical (unpaired) electrons. The molecule has 3 unspecified atom stereocenters.